The maximum absolute atomic E-state index is 12.6. The molecule has 5 rings (SSSR count). The predicted octanol–water partition coefficient (Wildman–Crippen LogP) is 3.61. The summed E-state index contributed by atoms with van der Waals surface area (Å²) in [6, 6.07) is 14.0. The number of ether oxygens (including phenoxy) is 2. The van der Waals surface area contributed by atoms with Crippen LogP contribution >= 0.6 is 0 Å². The molecule has 160 valence electrons. The molecule has 1 atom stereocenters. The number of fused-ring (bicyclic) bond motifs is 2. The zero-order chi connectivity index (χ0) is 21.4. The highest BCUT2D eigenvalue weighted by atomic mass is 16.5. The fraction of sp³-hybridized carbons (Fsp3) is 0.360. The highest BCUT2D eigenvalue weighted by Crippen LogP contribution is 2.41. The lowest BCUT2D eigenvalue weighted by atomic mass is 9.98. The van der Waals surface area contributed by atoms with Gasteiger partial charge in [0.05, 0.1) is 12.7 Å². The Labute approximate surface area is 181 Å². The lowest BCUT2D eigenvalue weighted by Crippen LogP contribution is -2.37. The van der Waals surface area contributed by atoms with Crippen molar-refractivity contribution in [2.75, 3.05) is 25.5 Å². The van der Waals surface area contributed by atoms with Crippen molar-refractivity contribution in [1.29, 1.82) is 0 Å². The van der Waals surface area contributed by atoms with E-state index in [1.54, 1.807) is 0 Å². The van der Waals surface area contributed by atoms with Gasteiger partial charge < -0.3 is 14.8 Å². The lowest BCUT2D eigenvalue weighted by Gasteiger charge is -2.22. The van der Waals surface area contributed by atoms with E-state index in [4.69, 9.17) is 9.47 Å². The third kappa shape index (κ3) is 3.61. The van der Waals surface area contributed by atoms with Crippen LogP contribution in [0.5, 0.6) is 0 Å². The number of carbonyl (C=O) groups excluding carboxylic acids is 2. The smallest absolute Gasteiger partial charge is 0.323 e. The Kier molecular flexibility index (Phi) is 5.24. The zero-order valence-electron chi connectivity index (χ0n) is 17.6. The van der Waals surface area contributed by atoms with Gasteiger partial charge in [0, 0.05) is 22.4 Å². The highest BCUT2D eigenvalue weighted by Gasteiger charge is 2.33. The van der Waals surface area contributed by atoms with E-state index in [-0.39, 0.29) is 17.9 Å². The van der Waals surface area contributed by atoms with Crippen LogP contribution in [0.4, 0.5) is 5.69 Å². The van der Waals surface area contributed by atoms with E-state index < -0.39 is 0 Å². The molecule has 3 heterocycles. The van der Waals surface area contributed by atoms with Crippen LogP contribution in [-0.4, -0.2) is 43.0 Å². The molecular weight excluding hydrogens is 392 g/mol. The van der Waals surface area contributed by atoms with Gasteiger partial charge in [-0.05, 0) is 50.4 Å². The number of anilines is 1. The summed E-state index contributed by atoms with van der Waals surface area (Å²) in [5.41, 5.74) is 5.70. The SMILES string of the molecule is COC(=O)C1CCCN1CCCc1ccc2c(c1)COC2=C1C(=O)Nc2ccccc21. The van der Waals surface area contributed by atoms with Crippen molar-refractivity contribution in [3.8, 4) is 0 Å². The summed E-state index contributed by atoms with van der Waals surface area (Å²) in [5.74, 6) is 0.436. The number of amides is 1. The molecule has 1 saturated heterocycles. The highest BCUT2D eigenvalue weighted by molar-refractivity contribution is 6.36. The van der Waals surface area contributed by atoms with Gasteiger partial charge in [-0.3, -0.25) is 14.5 Å². The average Bonchev–Trinajstić information content (AvgIpc) is 3.49. The second kappa shape index (κ2) is 8.19. The fourth-order valence-corrected chi connectivity index (χ4v) is 4.90. The van der Waals surface area contributed by atoms with Crippen molar-refractivity contribution >= 4 is 28.9 Å². The molecule has 0 spiro atoms. The Morgan fingerprint density at radius 2 is 2.10 bits per heavy atom. The van der Waals surface area contributed by atoms with Crippen molar-refractivity contribution < 1.29 is 19.1 Å². The van der Waals surface area contributed by atoms with Crippen LogP contribution in [0.2, 0.25) is 0 Å². The van der Waals surface area contributed by atoms with Crippen LogP contribution in [0.3, 0.4) is 0 Å². The van der Waals surface area contributed by atoms with Crippen molar-refractivity contribution in [3.63, 3.8) is 0 Å². The van der Waals surface area contributed by atoms with Gasteiger partial charge in [-0.25, -0.2) is 0 Å². The van der Waals surface area contributed by atoms with Crippen LogP contribution in [0, 0.1) is 0 Å². The number of rotatable bonds is 5. The Balaban J connectivity index is 1.29. The molecule has 0 aliphatic carbocycles. The molecule has 2 aromatic rings. The number of nitrogens with zero attached hydrogens (tertiary/aromatic N) is 1. The van der Waals surface area contributed by atoms with E-state index in [1.807, 2.05) is 24.3 Å². The number of hydrogen-bond acceptors (Lipinski definition) is 5. The number of hydrogen-bond donors (Lipinski definition) is 1. The second-order valence-electron chi connectivity index (χ2n) is 8.30. The van der Waals surface area contributed by atoms with E-state index in [0.717, 1.165) is 61.2 Å². The van der Waals surface area contributed by atoms with Crippen LogP contribution in [-0.2, 0) is 32.1 Å². The van der Waals surface area contributed by atoms with Crippen LogP contribution in [0.1, 0.15) is 41.5 Å². The molecule has 31 heavy (non-hydrogen) atoms. The fourth-order valence-electron chi connectivity index (χ4n) is 4.90. The largest absolute Gasteiger partial charge is 0.487 e. The van der Waals surface area contributed by atoms with Crippen LogP contribution < -0.4 is 5.32 Å². The van der Waals surface area contributed by atoms with Gasteiger partial charge in [0.2, 0.25) is 0 Å². The van der Waals surface area contributed by atoms with Gasteiger partial charge in [-0.15, -0.1) is 0 Å². The van der Waals surface area contributed by atoms with Crippen LogP contribution in [0.25, 0.3) is 11.3 Å². The van der Waals surface area contributed by atoms with Gasteiger partial charge in [-0.1, -0.05) is 36.4 Å². The molecule has 1 amide bonds. The van der Waals surface area contributed by atoms with E-state index in [1.165, 1.54) is 12.7 Å². The van der Waals surface area contributed by atoms with E-state index >= 15 is 0 Å². The number of para-hydroxylation sites is 1. The molecule has 6 nitrogen and oxygen atoms in total. The third-order valence-electron chi connectivity index (χ3n) is 6.43. The molecule has 1 N–H and O–H groups in total. The maximum atomic E-state index is 12.6. The van der Waals surface area contributed by atoms with Crippen molar-refractivity contribution in [2.45, 2.75) is 38.3 Å². The number of esters is 1. The Hall–Kier alpha value is -3.12. The minimum Gasteiger partial charge on any atom is -0.487 e. The van der Waals surface area contributed by atoms with E-state index in [2.05, 4.69) is 28.4 Å². The number of carbonyl (C=O) groups is 2. The minimum atomic E-state index is -0.120. The number of nitrogens with one attached hydrogen (secondary N) is 1. The maximum Gasteiger partial charge on any atom is 0.323 e. The summed E-state index contributed by atoms with van der Waals surface area (Å²) in [6.45, 7) is 2.33. The molecule has 3 aliphatic rings. The molecular formula is C25H26N2O4. The molecule has 0 bridgehead atoms. The van der Waals surface area contributed by atoms with Gasteiger partial charge in [0.25, 0.3) is 5.91 Å². The van der Waals surface area contributed by atoms with Crippen molar-refractivity contribution in [3.05, 3.63) is 64.7 Å². The molecule has 2 aromatic carbocycles. The molecule has 0 radical (unpaired) electrons. The summed E-state index contributed by atoms with van der Waals surface area (Å²) in [4.78, 5) is 26.7. The summed E-state index contributed by atoms with van der Waals surface area (Å²) in [6.07, 6.45) is 3.85. The average molecular weight is 418 g/mol. The number of methoxy groups -OCH3 is 1. The molecule has 0 saturated carbocycles. The van der Waals surface area contributed by atoms with Gasteiger partial charge >= 0.3 is 5.97 Å². The quantitative estimate of drug-likeness (QED) is 0.594. The first-order chi connectivity index (χ1) is 15.2. The molecule has 3 aliphatic heterocycles. The standard InChI is InChI=1S/C25H26N2O4/c1-30-25(29)21-9-5-13-27(21)12-4-6-16-10-11-18-17(14-16)15-31-23(18)22-19-7-2-3-8-20(19)26-24(22)28/h2-3,7-8,10-11,14,21H,4-6,9,12-13,15H2,1H3,(H,26,28). The van der Waals surface area contributed by atoms with E-state index in [9.17, 15) is 9.59 Å². The Morgan fingerprint density at radius 1 is 1.23 bits per heavy atom. The van der Waals surface area contributed by atoms with Crippen LogP contribution in [0.15, 0.2) is 42.5 Å². The zero-order valence-corrected chi connectivity index (χ0v) is 17.6. The molecule has 0 aromatic heterocycles. The normalized spacial score (nSPS) is 22.1. The Morgan fingerprint density at radius 3 is 2.97 bits per heavy atom. The van der Waals surface area contributed by atoms with Crippen molar-refractivity contribution in [2.24, 2.45) is 0 Å². The second-order valence-corrected chi connectivity index (χ2v) is 8.30. The van der Waals surface area contributed by atoms with Crippen molar-refractivity contribution in [1.82, 2.24) is 4.90 Å². The predicted molar refractivity (Wildman–Crippen MR) is 118 cm³/mol. The molecule has 1 unspecified atom stereocenters. The summed E-state index contributed by atoms with van der Waals surface area (Å²) in [5, 5.41) is 2.92. The summed E-state index contributed by atoms with van der Waals surface area (Å²) >= 11 is 0. The van der Waals surface area contributed by atoms with Gasteiger partial charge in [0.15, 0.2) is 0 Å². The summed E-state index contributed by atoms with van der Waals surface area (Å²) < 4.78 is 10.9. The number of benzene rings is 2. The lowest BCUT2D eigenvalue weighted by molar-refractivity contribution is -0.145. The topological polar surface area (TPSA) is 67.9 Å². The van der Waals surface area contributed by atoms with Gasteiger partial charge in [-0.2, -0.15) is 0 Å². The first-order valence-corrected chi connectivity index (χ1v) is 10.9. The monoisotopic (exact) mass is 418 g/mol. The summed E-state index contributed by atoms with van der Waals surface area (Å²) in [7, 11) is 1.46. The minimum absolute atomic E-state index is 0.0898. The Bertz CT molecular complexity index is 1070. The van der Waals surface area contributed by atoms with E-state index in [0.29, 0.717) is 17.9 Å². The first kappa shape index (κ1) is 19.8. The first-order valence-electron chi connectivity index (χ1n) is 10.9. The molecule has 1 fully saturated rings. The molecule has 6 heteroatoms. The number of likely N-dealkylation sites (tertiary alicyclic amines) is 1. The van der Waals surface area contributed by atoms with Gasteiger partial charge in [0.1, 0.15) is 18.4 Å². The third-order valence-corrected chi connectivity index (χ3v) is 6.43. The number of aryl methyl sites for hydroxylation is 1.